The van der Waals surface area contributed by atoms with Crippen LogP contribution in [0.2, 0.25) is 10.0 Å². The van der Waals surface area contributed by atoms with Gasteiger partial charge >= 0.3 is 11.8 Å². The molecule has 1 fully saturated rings. The number of hydrogen-bond donors (Lipinski definition) is 2. The predicted molar refractivity (Wildman–Crippen MR) is 80.1 cm³/mol. The Morgan fingerprint density at radius 1 is 1.05 bits per heavy atom. The molecule has 2 amide bonds. The quantitative estimate of drug-likeness (QED) is 0.822. The molecule has 0 bridgehead atoms. The summed E-state index contributed by atoms with van der Waals surface area (Å²) >= 11 is 11.8. The molecule has 0 unspecified atom stereocenters. The molecular weight excluding hydrogens is 299 g/mol. The first-order valence-electron chi connectivity index (χ1n) is 6.63. The lowest BCUT2D eigenvalue weighted by atomic mass is 9.95. The van der Waals surface area contributed by atoms with Crippen LogP contribution >= 0.6 is 23.2 Å². The second-order valence-electron chi connectivity index (χ2n) is 4.89. The lowest BCUT2D eigenvalue weighted by Crippen LogP contribution is -2.42. The molecule has 2 rings (SSSR count). The highest BCUT2D eigenvalue weighted by molar-refractivity contribution is 6.42. The number of carbonyl (C=O) groups excluding carboxylic acids is 2. The second kappa shape index (κ2) is 6.95. The monoisotopic (exact) mass is 314 g/mol. The number of amides is 2. The van der Waals surface area contributed by atoms with Crippen LogP contribution in [0.5, 0.6) is 0 Å². The van der Waals surface area contributed by atoms with E-state index in [1.807, 2.05) is 0 Å². The summed E-state index contributed by atoms with van der Waals surface area (Å²) in [5, 5.41) is 6.00. The van der Waals surface area contributed by atoms with Crippen LogP contribution in [0, 0.1) is 0 Å². The van der Waals surface area contributed by atoms with Crippen molar-refractivity contribution in [1.29, 1.82) is 0 Å². The van der Waals surface area contributed by atoms with Crippen molar-refractivity contribution in [2.24, 2.45) is 0 Å². The van der Waals surface area contributed by atoms with E-state index in [1.165, 1.54) is 12.5 Å². The lowest BCUT2D eigenvalue weighted by molar-refractivity contribution is -0.136. The van der Waals surface area contributed by atoms with Crippen LogP contribution in [0.4, 0.5) is 5.69 Å². The molecule has 6 heteroatoms. The summed E-state index contributed by atoms with van der Waals surface area (Å²) in [6.07, 6.45) is 5.23. The van der Waals surface area contributed by atoms with Crippen molar-refractivity contribution in [2.45, 2.75) is 38.1 Å². The third-order valence-electron chi connectivity index (χ3n) is 3.32. The maximum absolute atomic E-state index is 11.8. The van der Waals surface area contributed by atoms with E-state index in [4.69, 9.17) is 23.2 Å². The Labute approximate surface area is 127 Å². The Balaban J connectivity index is 1.93. The highest BCUT2D eigenvalue weighted by atomic mass is 35.5. The van der Waals surface area contributed by atoms with E-state index in [9.17, 15) is 9.59 Å². The Morgan fingerprint density at radius 2 is 1.75 bits per heavy atom. The Hall–Kier alpha value is -1.26. The highest BCUT2D eigenvalue weighted by Crippen LogP contribution is 2.25. The Kier molecular flexibility index (Phi) is 5.26. The smallest absolute Gasteiger partial charge is 0.313 e. The minimum Gasteiger partial charge on any atom is -0.345 e. The average Bonchev–Trinajstić information content (AvgIpc) is 2.44. The number of anilines is 1. The Morgan fingerprint density at radius 3 is 2.45 bits per heavy atom. The number of nitrogens with one attached hydrogen (secondary N) is 2. The van der Waals surface area contributed by atoms with Crippen LogP contribution < -0.4 is 10.6 Å². The van der Waals surface area contributed by atoms with E-state index in [1.54, 1.807) is 12.1 Å². The van der Waals surface area contributed by atoms with Gasteiger partial charge in [0.2, 0.25) is 0 Å². The molecule has 108 valence electrons. The van der Waals surface area contributed by atoms with Gasteiger partial charge in [-0.15, -0.1) is 0 Å². The third kappa shape index (κ3) is 4.12. The van der Waals surface area contributed by atoms with Gasteiger partial charge in [-0.3, -0.25) is 9.59 Å². The number of hydrogen-bond acceptors (Lipinski definition) is 2. The Bertz CT molecular complexity index is 514. The molecule has 0 aliphatic heterocycles. The van der Waals surface area contributed by atoms with Crippen LogP contribution in [0.3, 0.4) is 0 Å². The molecule has 0 aromatic heterocycles. The molecule has 1 aliphatic rings. The molecule has 1 aromatic rings. The molecule has 2 N–H and O–H groups in total. The lowest BCUT2D eigenvalue weighted by Gasteiger charge is -2.22. The molecule has 0 heterocycles. The first-order chi connectivity index (χ1) is 9.56. The first kappa shape index (κ1) is 15.1. The predicted octanol–water partition coefficient (Wildman–Crippen LogP) is 3.38. The van der Waals surface area contributed by atoms with Crippen LogP contribution in [0.25, 0.3) is 0 Å². The van der Waals surface area contributed by atoms with Crippen molar-refractivity contribution in [1.82, 2.24) is 5.32 Å². The van der Waals surface area contributed by atoms with Crippen molar-refractivity contribution in [3.8, 4) is 0 Å². The fourth-order valence-corrected chi connectivity index (χ4v) is 2.61. The van der Waals surface area contributed by atoms with Crippen molar-refractivity contribution in [2.75, 3.05) is 5.32 Å². The molecule has 0 spiro atoms. The fraction of sp³-hybridized carbons (Fsp3) is 0.429. The molecule has 1 aliphatic carbocycles. The molecule has 0 radical (unpaired) electrons. The summed E-state index contributed by atoms with van der Waals surface area (Å²) in [6.45, 7) is 0. The van der Waals surface area contributed by atoms with Gasteiger partial charge in [0, 0.05) is 11.1 Å². The zero-order valence-electron chi connectivity index (χ0n) is 10.9. The summed E-state index contributed by atoms with van der Waals surface area (Å²) in [6, 6.07) is 4.78. The van der Waals surface area contributed by atoms with Crippen molar-refractivity contribution in [3.05, 3.63) is 28.2 Å². The SMILES string of the molecule is O=C(Nc1cc(Cl)ccc1Cl)C(=O)NC1CCCCC1. The normalized spacial score (nSPS) is 15.7. The van der Waals surface area contributed by atoms with Crippen LogP contribution in [-0.4, -0.2) is 17.9 Å². The second-order valence-corrected chi connectivity index (χ2v) is 5.73. The maximum atomic E-state index is 11.8. The van der Waals surface area contributed by atoms with Crippen LogP contribution in [0.15, 0.2) is 18.2 Å². The van der Waals surface area contributed by atoms with Crippen molar-refractivity contribution < 1.29 is 9.59 Å². The summed E-state index contributed by atoms with van der Waals surface area (Å²) in [4.78, 5) is 23.6. The third-order valence-corrected chi connectivity index (χ3v) is 3.89. The maximum Gasteiger partial charge on any atom is 0.313 e. The van der Waals surface area contributed by atoms with Gasteiger partial charge in [-0.25, -0.2) is 0 Å². The number of rotatable bonds is 2. The van der Waals surface area contributed by atoms with E-state index < -0.39 is 11.8 Å². The zero-order chi connectivity index (χ0) is 14.5. The highest BCUT2D eigenvalue weighted by Gasteiger charge is 2.21. The van der Waals surface area contributed by atoms with Crippen LogP contribution in [0.1, 0.15) is 32.1 Å². The van der Waals surface area contributed by atoms with E-state index >= 15 is 0 Å². The van der Waals surface area contributed by atoms with Gasteiger partial charge in [-0.05, 0) is 31.0 Å². The van der Waals surface area contributed by atoms with Gasteiger partial charge < -0.3 is 10.6 Å². The molecule has 1 saturated carbocycles. The van der Waals surface area contributed by atoms with Gasteiger partial charge in [0.05, 0.1) is 10.7 Å². The van der Waals surface area contributed by atoms with E-state index in [0.29, 0.717) is 15.7 Å². The summed E-state index contributed by atoms with van der Waals surface area (Å²) in [5.41, 5.74) is 0.336. The van der Waals surface area contributed by atoms with Crippen molar-refractivity contribution in [3.63, 3.8) is 0 Å². The molecule has 0 atom stereocenters. The molecule has 0 saturated heterocycles. The topological polar surface area (TPSA) is 58.2 Å². The molecular formula is C14H16Cl2N2O2. The standard InChI is InChI=1S/C14H16Cl2N2O2/c15-9-6-7-11(16)12(8-9)18-14(20)13(19)17-10-4-2-1-3-5-10/h6-8,10H,1-5H2,(H,17,19)(H,18,20). The number of benzene rings is 1. The van der Waals surface area contributed by atoms with Gasteiger partial charge in [-0.1, -0.05) is 42.5 Å². The minimum atomic E-state index is -0.722. The number of halogens is 2. The van der Waals surface area contributed by atoms with E-state index in [2.05, 4.69) is 10.6 Å². The summed E-state index contributed by atoms with van der Waals surface area (Å²) < 4.78 is 0. The van der Waals surface area contributed by atoms with Gasteiger partial charge in [-0.2, -0.15) is 0 Å². The molecule has 4 nitrogen and oxygen atoms in total. The first-order valence-corrected chi connectivity index (χ1v) is 7.39. The fourth-order valence-electron chi connectivity index (χ4n) is 2.27. The molecule has 20 heavy (non-hydrogen) atoms. The minimum absolute atomic E-state index is 0.0943. The van der Waals surface area contributed by atoms with E-state index in [0.717, 1.165) is 25.7 Å². The largest absolute Gasteiger partial charge is 0.345 e. The average molecular weight is 315 g/mol. The van der Waals surface area contributed by atoms with Crippen LogP contribution in [-0.2, 0) is 9.59 Å². The van der Waals surface area contributed by atoms with Gasteiger partial charge in [0.15, 0.2) is 0 Å². The van der Waals surface area contributed by atoms with Gasteiger partial charge in [0.25, 0.3) is 0 Å². The summed E-state index contributed by atoms with van der Waals surface area (Å²) in [7, 11) is 0. The summed E-state index contributed by atoms with van der Waals surface area (Å²) in [5.74, 6) is -1.35. The molecule has 1 aromatic carbocycles. The van der Waals surface area contributed by atoms with Crippen molar-refractivity contribution >= 4 is 40.7 Å². The van der Waals surface area contributed by atoms with E-state index in [-0.39, 0.29) is 6.04 Å². The zero-order valence-corrected chi connectivity index (χ0v) is 12.4. The number of carbonyl (C=O) groups is 2. The van der Waals surface area contributed by atoms with Gasteiger partial charge in [0.1, 0.15) is 0 Å².